The van der Waals surface area contributed by atoms with Crippen molar-refractivity contribution in [3.8, 4) is 0 Å². The van der Waals surface area contributed by atoms with Gasteiger partial charge in [0.2, 0.25) is 0 Å². The largest absolute Gasteiger partial charge is 0.371 e. The Morgan fingerprint density at radius 1 is 1.10 bits per heavy atom. The van der Waals surface area contributed by atoms with E-state index >= 15 is 0 Å². The van der Waals surface area contributed by atoms with E-state index in [1.54, 1.807) is 6.33 Å². The fourth-order valence-electron chi connectivity index (χ4n) is 4.32. The van der Waals surface area contributed by atoms with Crippen LogP contribution in [0.15, 0.2) is 59.7 Å². The summed E-state index contributed by atoms with van der Waals surface area (Å²) in [4.78, 5) is 22.3. The van der Waals surface area contributed by atoms with Crippen molar-refractivity contribution in [1.82, 2.24) is 14.5 Å². The van der Waals surface area contributed by atoms with Crippen LogP contribution in [0, 0.1) is 6.92 Å². The maximum Gasteiger partial charge on any atom is 0.261 e. The highest BCUT2D eigenvalue weighted by molar-refractivity contribution is 5.76. The minimum Gasteiger partial charge on any atom is -0.371 e. The Hall–Kier alpha value is -2.66. The second kappa shape index (κ2) is 8.78. The SMILES string of the molecule is CCN(CCN1CCC(n2cnc3ccccc3c2=O)CC1)c1cccc(C)c1. The molecule has 0 saturated carbocycles. The fourth-order valence-corrected chi connectivity index (χ4v) is 4.32. The van der Waals surface area contributed by atoms with Crippen LogP contribution < -0.4 is 10.5 Å². The van der Waals surface area contributed by atoms with E-state index in [4.69, 9.17) is 0 Å². The number of fused-ring (bicyclic) bond motifs is 1. The third-order valence-corrected chi connectivity index (χ3v) is 6.08. The number of para-hydroxylation sites is 1. The van der Waals surface area contributed by atoms with Crippen LogP contribution in [0.25, 0.3) is 10.9 Å². The number of likely N-dealkylation sites (N-methyl/N-ethyl adjacent to an activating group) is 1. The molecule has 2 aromatic carbocycles. The molecule has 0 unspecified atom stereocenters. The molecule has 1 fully saturated rings. The standard InChI is InChI=1S/C24H30N4O/c1-3-27(21-8-6-7-19(2)17-21)16-15-26-13-11-20(12-14-26)28-18-25-23-10-5-4-9-22(23)24(28)29/h4-10,17-18,20H,3,11-16H2,1-2H3. The normalized spacial score (nSPS) is 15.7. The Morgan fingerprint density at radius 2 is 1.90 bits per heavy atom. The predicted octanol–water partition coefficient (Wildman–Crippen LogP) is 3.87. The second-order valence-corrected chi connectivity index (χ2v) is 7.97. The minimum atomic E-state index is 0.0886. The molecule has 5 heteroatoms. The number of likely N-dealkylation sites (tertiary alicyclic amines) is 1. The van der Waals surface area contributed by atoms with Crippen molar-refractivity contribution in [3.63, 3.8) is 0 Å². The van der Waals surface area contributed by atoms with Crippen molar-refractivity contribution in [1.29, 1.82) is 0 Å². The van der Waals surface area contributed by atoms with E-state index in [9.17, 15) is 4.79 Å². The topological polar surface area (TPSA) is 41.4 Å². The number of hydrogen-bond donors (Lipinski definition) is 0. The molecule has 0 amide bonds. The van der Waals surface area contributed by atoms with Gasteiger partial charge in [-0.15, -0.1) is 0 Å². The molecule has 0 radical (unpaired) electrons. The lowest BCUT2D eigenvalue weighted by Gasteiger charge is -2.34. The van der Waals surface area contributed by atoms with Crippen molar-refractivity contribution in [2.75, 3.05) is 37.6 Å². The zero-order valence-corrected chi connectivity index (χ0v) is 17.4. The summed E-state index contributed by atoms with van der Waals surface area (Å²) in [6.07, 6.45) is 3.73. The van der Waals surface area contributed by atoms with Crippen LogP contribution in [0.3, 0.4) is 0 Å². The highest BCUT2D eigenvalue weighted by Crippen LogP contribution is 2.22. The number of piperidine rings is 1. The molecule has 0 aliphatic carbocycles. The van der Waals surface area contributed by atoms with E-state index in [-0.39, 0.29) is 11.6 Å². The summed E-state index contributed by atoms with van der Waals surface area (Å²) in [5, 5.41) is 0.717. The van der Waals surface area contributed by atoms with Crippen LogP contribution in [0.5, 0.6) is 0 Å². The van der Waals surface area contributed by atoms with Crippen molar-refractivity contribution in [2.45, 2.75) is 32.7 Å². The van der Waals surface area contributed by atoms with Gasteiger partial charge in [-0.1, -0.05) is 24.3 Å². The summed E-state index contributed by atoms with van der Waals surface area (Å²) in [7, 11) is 0. The Morgan fingerprint density at radius 3 is 2.66 bits per heavy atom. The number of nitrogens with zero attached hydrogens (tertiary/aromatic N) is 4. The van der Waals surface area contributed by atoms with Gasteiger partial charge in [0.05, 0.1) is 17.2 Å². The van der Waals surface area contributed by atoms with Crippen LogP contribution in [0.4, 0.5) is 5.69 Å². The molecule has 152 valence electrons. The van der Waals surface area contributed by atoms with Crippen LogP contribution in [-0.2, 0) is 0 Å². The summed E-state index contributed by atoms with van der Waals surface area (Å²) >= 11 is 0. The van der Waals surface area contributed by atoms with Gasteiger partial charge < -0.3 is 9.80 Å². The first kappa shape index (κ1) is 19.6. The van der Waals surface area contributed by atoms with Gasteiger partial charge in [0.15, 0.2) is 0 Å². The average molecular weight is 391 g/mol. The number of rotatable bonds is 6. The molecule has 1 aliphatic heterocycles. The summed E-state index contributed by atoms with van der Waals surface area (Å²) < 4.78 is 1.85. The van der Waals surface area contributed by atoms with E-state index in [0.717, 1.165) is 51.1 Å². The van der Waals surface area contributed by atoms with Crippen molar-refractivity contribution in [3.05, 3.63) is 70.8 Å². The lowest BCUT2D eigenvalue weighted by molar-refractivity contribution is 0.188. The third-order valence-electron chi connectivity index (χ3n) is 6.08. The zero-order chi connectivity index (χ0) is 20.2. The molecule has 0 N–H and O–H groups in total. The first-order valence-corrected chi connectivity index (χ1v) is 10.7. The number of aryl methyl sites for hydroxylation is 1. The van der Waals surface area contributed by atoms with E-state index in [1.807, 2.05) is 28.8 Å². The molecule has 5 nitrogen and oxygen atoms in total. The molecule has 1 aromatic heterocycles. The van der Waals surface area contributed by atoms with Gasteiger partial charge >= 0.3 is 0 Å². The van der Waals surface area contributed by atoms with Gasteiger partial charge in [-0.2, -0.15) is 0 Å². The quantitative estimate of drug-likeness (QED) is 0.641. The first-order chi connectivity index (χ1) is 14.2. The molecule has 2 heterocycles. The van der Waals surface area contributed by atoms with Crippen molar-refractivity contribution >= 4 is 16.6 Å². The molecule has 0 bridgehead atoms. The van der Waals surface area contributed by atoms with Crippen molar-refractivity contribution in [2.24, 2.45) is 0 Å². The van der Waals surface area contributed by atoms with E-state index in [0.29, 0.717) is 5.39 Å². The van der Waals surface area contributed by atoms with Gasteiger partial charge in [-0.25, -0.2) is 4.98 Å². The van der Waals surface area contributed by atoms with Crippen LogP contribution in [-0.4, -0.2) is 47.2 Å². The number of hydrogen-bond acceptors (Lipinski definition) is 4. The Kier molecular flexibility index (Phi) is 5.95. The maximum absolute atomic E-state index is 12.9. The Bertz CT molecular complexity index is 1020. The molecular weight excluding hydrogens is 360 g/mol. The number of anilines is 1. The van der Waals surface area contributed by atoms with Crippen LogP contribution in [0.2, 0.25) is 0 Å². The van der Waals surface area contributed by atoms with E-state index < -0.39 is 0 Å². The first-order valence-electron chi connectivity index (χ1n) is 10.7. The molecule has 0 spiro atoms. The molecule has 3 aromatic rings. The third kappa shape index (κ3) is 4.35. The summed E-state index contributed by atoms with van der Waals surface area (Å²) in [6, 6.07) is 16.6. The Balaban J connectivity index is 1.36. The molecule has 1 aliphatic rings. The summed E-state index contributed by atoms with van der Waals surface area (Å²) in [5.41, 5.74) is 3.47. The van der Waals surface area contributed by atoms with E-state index in [1.165, 1.54) is 11.3 Å². The van der Waals surface area contributed by atoms with Crippen LogP contribution >= 0.6 is 0 Å². The lowest BCUT2D eigenvalue weighted by Crippen LogP contribution is -2.41. The van der Waals surface area contributed by atoms with E-state index in [2.05, 4.69) is 52.9 Å². The number of benzene rings is 2. The highest BCUT2D eigenvalue weighted by Gasteiger charge is 2.22. The summed E-state index contributed by atoms with van der Waals surface area (Å²) in [6.45, 7) is 9.50. The van der Waals surface area contributed by atoms with Gasteiger partial charge in [0, 0.05) is 44.5 Å². The molecule has 29 heavy (non-hydrogen) atoms. The maximum atomic E-state index is 12.9. The minimum absolute atomic E-state index is 0.0886. The van der Waals surface area contributed by atoms with Crippen molar-refractivity contribution < 1.29 is 0 Å². The smallest absolute Gasteiger partial charge is 0.261 e. The molecule has 0 atom stereocenters. The second-order valence-electron chi connectivity index (χ2n) is 7.97. The zero-order valence-electron chi connectivity index (χ0n) is 17.4. The monoisotopic (exact) mass is 390 g/mol. The molecule has 4 rings (SSSR count). The van der Waals surface area contributed by atoms with Crippen LogP contribution in [0.1, 0.15) is 31.4 Å². The molecule has 1 saturated heterocycles. The van der Waals surface area contributed by atoms with Gasteiger partial charge in [-0.05, 0) is 56.5 Å². The number of aromatic nitrogens is 2. The van der Waals surface area contributed by atoms with Gasteiger partial charge in [0.25, 0.3) is 5.56 Å². The predicted molar refractivity (Wildman–Crippen MR) is 120 cm³/mol. The Labute approximate surface area is 172 Å². The fraction of sp³-hybridized carbons (Fsp3) is 0.417. The average Bonchev–Trinajstić information content (AvgIpc) is 2.75. The molecular formula is C24H30N4O. The van der Waals surface area contributed by atoms with Gasteiger partial charge in [-0.3, -0.25) is 9.36 Å². The summed E-state index contributed by atoms with van der Waals surface area (Å²) in [5.74, 6) is 0. The lowest BCUT2D eigenvalue weighted by atomic mass is 10.0. The van der Waals surface area contributed by atoms with Gasteiger partial charge in [0.1, 0.15) is 0 Å². The highest BCUT2D eigenvalue weighted by atomic mass is 16.1.